The van der Waals surface area contributed by atoms with Gasteiger partial charge in [-0.2, -0.15) is 0 Å². The Labute approximate surface area is 328 Å². The number of methoxy groups -OCH3 is 1. The lowest BCUT2D eigenvalue weighted by Crippen LogP contribution is -2.07. The van der Waals surface area contributed by atoms with Crippen LogP contribution in [0.25, 0.3) is 33.4 Å². The summed E-state index contributed by atoms with van der Waals surface area (Å²) in [5.74, 6) is 0.347. The maximum Gasteiger partial charge on any atom is 0.338 e. The third-order valence-electron chi connectivity index (χ3n) is 10.7. The highest BCUT2D eigenvalue weighted by molar-refractivity contribution is 6.08. The van der Waals surface area contributed by atoms with Gasteiger partial charge in [0.2, 0.25) is 0 Å². The number of benzene rings is 5. The number of ether oxygens (including phenoxy) is 1. The Kier molecular flexibility index (Phi) is 13.6. The van der Waals surface area contributed by atoms with Crippen LogP contribution < -0.4 is 10.7 Å². The van der Waals surface area contributed by atoms with E-state index in [1.165, 1.54) is 35.1 Å². The van der Waals surface area contributed by atoms with Gasteiger partial charge in [-0.15, -0.1) is 0 Å². The molecule has 286 valence electrons. The Balaban J connectivity index is 1.58. The first-order valence-electron chi connectivity index (χ1n) is 20.6. The number of hydrogen-bond donors (Lipinski definition) is 1. The minimum Gasteiger partial charge on any atom is -0.465 e. The molecule has 0 saturated heterocycles. The van der Waals surface area contributed by atoms with Crippen LogP contribution in [0.3, 0.4) is 0 Å². The number of carbonyl (C=O) groups is 1. The Morgan fingerprint density at radius 2 is 1.27 bits per heavy atom. The van der Waals surface area contributed by atoms with E-state index in [4.69, 9.17) is 14.1 Å². The minimum atomic E-state index is -0.367. The van der Waals surface area contributed by atoms with Crippen LogP contribution in [0.2, 0.25) is 0 Å². The molecule has 0 amide bonds. The summed E-state index contributed by atoms with van der Waals surface area (Å²) in [6, 6.07) is 31.9. The molecule has 55 heavy (non-hydrogen) atoms. The fraction of sp³-hybridized carbons (Fsp3) is 0.360. The molecule has 0 saturated carbocycles. The quantitative estimate of drug-likeness (QED) is 0.0748. The minimum absolute atomic E-state index is 0.367. The molecule has 4 aromatic carbocycles. The number of para-hydroxylation sites is 2. The van der Waals surface area contributed by atoms with Gasteiger partial charge >= 0.3 is 5.97 Å². The molecule has 1 N–H and O–H groups in total. The van der Waals surface area contributed by atoms with Gasteiger partial charge in [-0.1, -0.05) is 107 Å². The average Bonchev–Trinajstić information content (AvgIpc) is 3.20. The number of rotatable bonds is 17. The van der Waals surface area contributed by atoms with E-state index in [1.807, 2.05) is 12.1 Å². The Morgan fingerprint density at radius 3 is 1.87 bits per heavy atom. The maximum atomic E-state index is 13.3. The first-order chi connectivity index (χ1) is 26.9. The fourth-order valence-electron chi connectivity index (χ4n) is 7.63. The lowest BCUT2D eigenvalue weighted by molar-refractivity contribution is 0.0601. The lowest BCUT2D eigenvalue weighted by Gasteiger charge is -2.20. The molecule has 5 nitrogen and oxygen atoms in total. The molecule has 1 aliphatic carbocycles. The zero-order valence-electron chi connectivity index (χ0n) is 33.8. The zero-order chi connectivity index (χ0) is 38.7. The van der Waals surface area contributed by atoms with E-state index in [0.29, 0.717) is 11.3 Å². The van der Waals surface area contributed by atoms with Crippen molar-refractivity contribution in [1.29, 1.82) is 0 Å². The Morgan fingerprint density at radius 1 is 0.673 bits per heavy atom. The van der Waals surface area contributed by atoms with Crippen molar-refractivity contribution in [3.05, 3.63) is 130 Å². The summed E-state index contributed by atoms with van der Waals surface area (Å²) >= 11 is 0. The van der Waals surface area contributed by atoms with Crippen molar-refractivity contribution in [2.24, 2.45) is 4.99 Å². The predicted octanol–water partition coefficient (Wildman–Crippen LogP) is 13.6. The topological polar surface area (TPSA) is 63.8 Å². The zero-order valence-corrected chi connectivity index (χ0v) is 33.8. The van der Waals surface area contributed by atoms with Crippen molar-refractivity contribution >= 4 is 34.0 Å². The van der Waals surface area contributed by atoms with Gasteiger partial charge in [0.1, 0.15) is 11.3 Å². The number of nitrogens with one attached hydrogen (secondary N) is 1. The molecule has 5 heteroatoms. The van der Waals surface area contributed by atoms with E-state index in [9.17, 15) is 4.79 Å². The number of unbranched alkanes of at least 4 members (excludes halogenated alkanes) is 4. The average molecular weight is 735 g/mol. The third-order valence-corrected chi connectivity index (χ3v) is 10.7. The number of esters is 1. The Hall–Kier alpha value is -5.16. The van der Waals surface area contributed by atoms with Crippen LogP contribution in [-0.4, -0.2) is 13.1 Å². The monoisotopic (exact) mass is 734 g/mol. The highest BCUT2D eigenvalue weighted by Gasteiger charge is 2.23. The largest absolute Gasteiger partial charge is 0.465 e. The van der Waals surface area contributed by atoms with Crippen LogP contribution >= 0.6 is 0 Å². The number of aryl methyl sites for hydroxylation is 5. The highest BCUT2D eigenvalue weighted by atomic mass is 16.5. The van der Waals surface area contributed by atoms with Crippen LogP contribution in [0.4, 0.5) is 17.1 Å². The normalized spacial score (nSPS) is 11.8. The number of nitrogens with zero attached hydrogens (tertiary/aromatic N) is 1. The second-order valence-electron chi connectivity index (χ2n) is 14.9. The molecule has 0 fully saturated rings. The number of carbonyl (C=O) groups excluding carboxylic acids is 1. The fourth-order valence-corrected chi connectivity index (χ4v) is 7.63. The molecule has 0 spiro atoms. The van der Waals surface area contributed by atoms with Gasteiger partial charge in [0.15, 0.2) is 0 Å². The van der Waals surface area contributed by atoms with Gasteiger partial charge in [0.05, 0.1) is 23.7 Å². The van der Waals surface area contributed by atoms with E-state index >= 15 is 0 Å². The SMILES string of the molecule is CCCCc1cccc(CCCC)c1/N=c1\ccc2c(-c3cc(C)ccc3C(=O)OC)c3ccc(Nc4c(CCCC)cccc4CCCC)cc3oc-2c1. The molecule has 0 bridgehead atoms. The van der Waals surface area contributed by atoms with E-state index in [1.54, 1.807) is 0 Å². The van der Waals surface area contributed by atoms with Gasteiger partial charge in [-0.05, 0) is 116 Å². The number of anilines is 2. The highest BCUT2D eigenvalue weighted by Crippen LogP contribution is 2.43. The van der Waals surface area contributed by atoms with E-state index in [-0.39, 0.29) is 5.97 Å². The van der Waals surface area contributed by atoms with E-state index < -0.39 is 0 Å². The molecule has 4 aromatic rings. The molecule has 6 rings (SSSR count). The molecule has 1 aliphatic heterocycles. The summed E-state index contributed by atoms with van der Waals surface area (Å²) in [5, 5.41) is 5.62. The van der Waals surface area contributed by atoms with Gasteiger partial charge in [0, 0.05) is 40.0 Å². The van der Waals surface area contributed by atoms with E-state index in [2.05, 4.69) is 119 Å². The summed E-state index contributed by atoms with van der Waals surface area (Å²) in [6.07, 6.45) is 13.2. The van der Waals surface area contributed by atoms with Gasteiger partial charge < -0.3 is 14.5 Å². The summed E-state index contributed by atoms with van der Waals surface area (Å²) in [5.41, 5.74) is 13.5. The third kappa shape index (κ3) is 9.21. The van der Waals surface area contributed by atoms with Crippen LogP contribution in [0.1, 0.15) is 117 Å². The molecule has 0 unspecified atom stereocenters. The molecule has 0 radical (unpaired) electrons. The van der Waals surface area contributed by atoms with Gasteiger partial charge in [-0.25, -0.2) is 9.79 Å². The van der Waals surface area contributed by atoms with Gasteiger partial charge in [-0.3, -0.25) is 0 Å². The van der Waals surface area contributed by atoms with Crippen LogP contribution in [0.15, 0.2) is 100 Å². The molecular formula is C50H58N2O3. The van der Waals surface area contributed by atoms with E-state index in [0.717, 1.165) is 127 Å². The molecule has 0 aromatic heterocycles. The van der Waals surface area contributed by atoms with Crippen molar-refractivity contribution in [3.63, 3.8) is 0 Å². The van der Waals surface area contributed by atoms with Crippen molar-refractivity contribution in [2.45, 2.75) is 112 Å². The number of hydrogen-bond acceptors (Lipinski definition) is 5. The standard InChI is InChI=1S/C50H58N2O3/c1-7-11-17-35-21-15-22-36(18-12-8-2)48(35)51-39-26-29-42-45(32-39)55-46-33-40(52-49-37(19-13-9-3)23-16-24-38(49)20-14-10-4)27-30-43(46)47(42)44-31-34(5)25-28-41(44)50(53)54-6/h15-16,21-33,51H,7-14,17-20H2,1-6H3/b52-40+. The van der Waals surface area contributed by atoms with Crippen LogP contribution in [0, 0.1) is 6.92 Å². The second kappa shape index (κ2) is 18.9. The summed E-state index contributed by atoms with van der Waals surface area (Å²) in [7, 11) is 1.44. The number of fused-ring (bicyclic) bond motifs is 2. The molecular weight excluding hydrogens is 677 g/mol. The lowest BCUT2D eigenvalue weighted by atomic mass is 9.89. The molecule has 0 atom stereocenters. The van der Waals surface area contributed by atoms with Crippen molar-refractivity contribution in [2.75, 3.05) is 12.4 Å². The Bertz CT molecular complexity index is 2230. The predicted molar refractivity (Wildman–Crippen MR) is 230 cm³/mol. The second-order valence-corrected chi connectivity index (χ2v) is 14.9. The summed E-state index contributed by atoms with van der Waals surface area (Å²) < 4.78 is 12.2. The van der Waals surface area contributed by atoms with Crippen molar-refractivity contribution < 1.29 is 13.9 Å². The molecule has 2 aliphatic rings. The first kappa shape index (κ1) is 39.5. The first-order valence-corrected chi connectivity index (χ1v) is 20.6. The van der Waals surface area contributed by atoms with Crippen LogP contribution in [-0.2, 0) is 30.4 Å². The molecule has 1 heterocycles. The van der Waals surface area contributed by atoms with Crippen molar-refractivity contribution in [3.8, 4) is 22.5 Å². The maximum absolute atomic E-state index is 13.3. The van der Waals surface area contributed by atoms with Gasteiger partial charge in [0.25, 0.3) is 0 Å². The summed E-state index contributed by atoms with van der Waals surface area (Å²) in [4.78, 5) is 18.6. The van der Waals surface area contributed by atoms with Crippen LogP contribution in [0.5, 0.6) is 0 Å². The van der Waals surface area contributed by atoms with Crippen molar-refractivity contribution in [1.82, 2.24) is 0 Å². The summed E-state index contributed by atoms with van der Waals surface area (Å²) in [6.45, 7) is 11.0. The smallest absolute Gasteiger partial charge is 0.338 e.